The van der Waals surface area contributed by atoms with Crippen molar-refractivity contribution in [2.24, 2.45) is 16.1 Å². The summed E-state index contributed by atoms with van der Waals surface area (Å²) >= 11 is 0. The average Bonchev–Trinajstić information content (AvgIpc) is 2.64. The highest BCUT2D eigenvalue weighted by atomic mass is 32.2. The fraction of sp³-hybridized carbons (Fsp3) is 0.375. The number of aliphatic imine (C=N–C) groups is 1. The number of dihydropyridines is 1. The molecule has 3 N–H and O–H groups in total. The van der Waals surface area contributed by atoms with Crippen LogP contribution in [-0.4, -0.2) is 36.8 Å². The highest BCUT2D eigenvalue weighted by Crippen LogP contribution is 2.35. The molecular weight excluding hydrogens is 465 g/mol. The Morgan fingerprint density at radius 2 is 1.58 bits per heavy atom. The van der Waals surface area contributed by atoms with Crippen molar-refractivity contribution in [1.29, 1.82) is 0 Å². The largest absolute Gasteiger partial charge is 0.522 e. The summed E-state index contributed by atoms with van der Waals surface area (Å²) < 4.78 is 116. The number of hydrogen-bond acceptors (Lipinski definition) is 6. The standard InChI is InChI=1S/C15H14F4N2O2.CHF3O3S/c1-6-7(2)15(3,5-21-13(6)20)14(22)23-12-10(18)8(16)4-9(17)11(12)19;2-1(3,4)8(5,6)7/h4-5,13H,20H2,1-3H3;(H,5,6,7). The zero-order chi connectivity index (χ0) is 24.5. The first kappa shape index (κ1) is 26.5. The number of nitrogens with two attached hydrogens (primary N) is 1. The topological polar surface area (TPSA) is 119 Å². The van der Waals surface area contributed by atoms with Gasteiger partial charge in [-0.2, -0.15) is 30.4 Å². The molecule has 2 atom stereocenters. The van der Waals surface area contributed by atoms with E-state index in [9.17, 15) is 35.5 Å². The molecule has 0 saturated carbocycles. The first-order chi connectivity index (χ1) is 13.8. The van der Waals surface area contributed by atoms with Crippen LogP contribution in [0.5, 0.6) is 5.75 Å². The second kappa shape index (κ2) is 8.92. The molecule has 0 aliphatic carbocycles. The number of alkyl halides is 3. The lowest BCUT2D eigenvalue weighted by Crippen LogP contribution is -2.40. The van der Waals surface area contributed by atoms with Crippen LogP contribution in [-0.2, 0) is 14.9 Å². The number of halogens is 7. The number of esters is 1. The molecule has 1 aromatic rings. The second-order valence-corrected chi connectivity index (χ2v) is 7.75. The Hall–Kier alpha value is -2.52. The maximum atomic E-state index is 13.6. The zero-order valence-electron chi connectivity index (χ0n) is 15.9. The summed E-state index contributed by atoms with van der Waals surface area (Å²) in [4.78, 5) is 16.2. The second-order valence-electron chi connectivity index (χ2n) is 6.34. The van der Waals surface area contributed by atoms with Crippen LogP contribution in [0.2, 0.25) is 0 Å². The van der Waals surface area contributed by atoms with Crippen LogP contribution in [0, 0.1) is 28.7 Å². The van der Waals surface area contributed by atoms with Crippen molar-refractivity contribution in [2.45, 2.75) is 32.4 Å². The fourth-order valence-electron chi connectivity index (χ4n) is 2.11. The van der Waals surface area contributed by atoms with E-state index in [0.717, 1.165) is 0 Å². The van der Waals surface area contributed by atoms with E-state index in [4.69, 9.17) is 18.7 Å². The van der Waals surface area contributed by atoms with Gasteiger partial charge in [0.1, 0.15) is 11.6 Å². The highest BCUT2D eigenvalue weighted by Gasteiger charge is 2.44. The summed E-state index contributed by atoms with van der Waals surface area (Å²) in [7, 11) is -5.84. The minimum atomic E-state index is -5.84. The van der Waals surface area contributed by atoms with Gasteiger partial charge in [-0.15, -0.1) is 0 Å². The number of carbonyl (C=O) groups is 1. The molecule has 0 spiro atoms. The van der Waals surface area contributed by atoms with Gasteiger partial charge in [-0.3, -0.25) is 14.3 Å². The fourth-order valence-corrected chi connectivity index (χ4v) is 2.11. The van der Waals surface area contributed by atoms with Crippen LogP contribution in [0.1, 0.15) is 20.8 Å². The molecule has 0 fully saturated rings. The molecule has 1 aliphatic rings. The lowest BCUT2D eigenvalue weighted by Gasteiger charge is -2.30. The summed E-state index contributed by atoms with van der Waals surface area (Å²) in [5.41, 5.74) is -0.232. The quantitative estimate of drug-likeness (QED) is 0.128. The number of benzene rings is 1. The summed E-state index contributed by atoms with van der Waals surface area (Å²) in [6.45, 7) is 4.63. The van der Waals surface area contributed by atoms with E-state index in [2.05, 4.69) is 9.73 Å². The first-order valence-corrected chi connectivity index (χ1v) is 9.35. The molecule has 174 valence electrons. The number of nitrogens with zero attached hydrogens (tertiary/aromatic N) is 1. The molecule has 7 nitrogen and oxygen atoms in total. The molecule has 1 aliphatic heterocycles. The van der Waals surface area contributed by atoms with E-state index in [1.54, 1.807) is 13.8 Å². The van der Waals surface area contributed by atoms with Gasteiger partial charge in [-0.05, 0) is 31.9 Å². The van der Waals surface area contributed by atoms with Crippen LogP contribution in [0.4, 0.5) is 30.7 Å². The van der Waals surface area contributed by atoms with E-state index >= 15 is 0 Å². The van der Waals surface area contributed by atoms with Gasteiger partial charge in [0.2, 0.25) is 17.4 Å². The average molecular weight is 480 g/mol. The Morgan fingerprint density at radius 3 is 1.97 bits per heavy atom. The van der Waals surface area contributed by atoms with Crippen molar-refractivity contribution >= 4 is 22.3 Å². The molecule has 0 radical (unpaired) electrons. The Bertz CT molecular complexity index is 1030. The molecule has 1 aromatic carbocycles. The summed E-state index contributed by atoms with van der Waals surface area (Å²) in [6, 6.07) is 0.0279. The van der Waals surface area contributed by atoms with Crippen molar-refractivity contribution in [3.63, 3.8) is 0 Å². The number of hydrogen-bond donors (Lipinski definition) is 2. The van der Waals surface area contributed by atoms with Gasteiger partial charge in [0, 0.05) is 12.3 Å². The molecule has 15 heteroatoms. The Labute approximate surface area is 171 Å². The molecule has 0 amide bonds. The predicted octanol–water partition coefficient (Wildman–Crippen LogP) is 3.25. The SMILES string of the molecule is CC1=C(C)C(C)(C(=O)Oc2c(F)c(F)cc(F)c2F)C=NC1N.O=S(=O)(O)C(F)(F)F. The minimum Gasteiger partial charge on any atom is -0.419 e. The third-order valence-electron chi connectivity index (χ3n) is 4.29. The van der Waals surface area contributed by atoms with Crippen LogP contribution in [0.15, 0.2) is 22.2 Å². The number of carbonyl (C=O) groups excluding carboxylic acids is 1. The molecular formula is C16H15F7N2O5S. The monoisotopic (exact) mass is 480 g/mol. The molecule has 0 bridgehead atoms. The lowest BCUT2D eigenvalue weighted by atomic mass is 9.79. The number of ether oxygens (including phenoxy) is 1. The van der Waals surface area contributed by atoms with E-state index < -0.39 is 62.2 Å². The smallest absolute Gasteiger partial charge is 0.419 e. The molecule has 0 aromatic heterocycles. The molecule has 31 heavy (non-hydrogen) atoms. The highest BCUT2D eigenvalue weighted by molar-refractivity contribution is 7.86. The third kappa shape index (κ3) is 5.59. The minimum absolute atomic E-state index is 0.0279. The van der Waals surface area contributed by atoms with Crippen LogP contribution < -0.4 is 10.5 Å². The van der Waals surface area contributed by atoms with Gasteiger partial charge in [-0.1, -0.05) is 0 Å². The van der Waals surface area contributed by atoms with Crippen molar-refractivity contribution in [2.75, 3.05) is 0 Å². The maximum Gasteiger partial charge on any atom is 0.522 e. The molecule has 1 heterocycles. The van der Waals surface area contributed by atoms with Crippen molar-refractivity contribution in [3.05, 3.63) is 40.5 Å². The van der Waals surface area contributed by atoms with E-state index in [1.165, 1.54) is 13.1 Å². The van der Waals surface area contributed by atoms with Gasteiger partial charge < -0.3 is 10.5 Å². The van der Waals surface area contributed by atoms with Crippen molar-refractivity contribution in [1.82, 2.24) is 0 Å². The molecule has 2 unspecified atom stereocenters. The van der Waals surface area contributed by atoms with Crippen molar-refractivity contribution in [3.8, 4) is 5.75 Å². The van der Waals surface area contributed by atoms with E-state index in [-0.39, 0.29) is 6.07 Å². The normalized spacial score (nSPS) is 21.5. The Balaban J connectivity index is 0.000000512. The van der Waals surface area contributed by atoms with Gasteiger partial charge in [0.25, 0.3) is 0 Å². The molecule has 0 saturated heterocycles. The zero-order valence-corrected chi connectivity index (χ0v) is 16.7. The number of rotatable bonds is 2. The molecule has 2 rings (SSSR count). The van der Waals surface area contributed by atoms with Gasteiger partial charge in [-0.25, -0.2) is 8.78 Å². The van der Waals surface area contributed by atoms with Gasteiger partial charge >= 0.3 is 21.6 Å². The summed E-state index contributed by atoms with van der Waals surface area (Å²) in [6.07, 6.45) is 0.546. The van der Waals surface area contributed by atoms with Crippen molar-refractivity contribution < 1.29 is 53.2 Å². The Morgan fingerprint density at radius 1 is 1.16 bits per heavy atom. The third-order valence-corrected chi connectivity index (χ3v) is 4.88. The summed E-state index contributed by atoms with van der Waals surface area (Å²) in [5, 5.41) is 0. The van der Waals surface area contributed by atoms with E-state index in [0.29, 0.717) is 11.1 Å². The van der Waals surface area contributed by atoms with E-state index in [1.807, 2.05) is 0 Å². The van der Waals surface area contributed by atoms with Gasteiger partial charge in [0.15, 0.2) is 11.6 Å². The van der Waals surface area contributed by atoms with Crippen LogP contribution >= 0.6 is 0 Å². The van der Waals surface area contributed by atoms with Crippen LogP contribution in [0.25, 0.3) is 0 Å². The predicted molar refractivity (Wildman–Crippen MR) is 92.5 cm³/mol. The lowest BCUT2D eigenvalue weighted by molar-refractivity contribution is -0.140. The van der Waals surface area contributed by atoms with Crippen LogP contribution in [0.3, 0.4) is 0 Å². The first-order valence-electron chi connectivity index (χ1n) is 7.91. The Kier molecular flexibility index (Phi) is 7.63. The van der Waals surface area contributed by atoms with Gasteiger partial charge in [0.05, 0.1) is 0 Å². The maximum absolute atomic E-state index is 13.6. The summed E-state index contributed by atoms with van der Waals surface area (Å²) in [5.74, 6) is -9.47.